The molecular weight excluding hydrogens is 971 g/mol. The largest absolute Gasteiger partial charge is 0.466 e. The lowest BCUT2D eigenvalue weighted by Gasteiger charge is -2.22. The zero-order chi connectivity index (χ0) is 57.1. The summed E-state index contributed by atoms with van der Waals surface area (Å²) in [5.41, 5.74) is 0. The molecule has 0 aliphatic rings. The number of rotatable bonds is 68. The van der Waals surface area contributed by atoms with E-state index in [0.29, 0.717) is 25.9 Å². The van der Waals surface area contributed by atoms with Crippen molar-refractivity contribution in [3.05, 3.63) is 24.3 Å². The van der Waals surface area contributed by atoms with Crippen molar-refractivity contribution >= 4 is 11.9 Å². The van der Waals surface area contributed by atoms with Gasteiger partial charge in [-0.15, -0.1) is 0 Å². The summed E-state index contributed by atoms with van der Waals surface area (Å²) in [7, 11) is 0. The summed E-state index contributed by atoms with van der Waals surface area (Å²) in [5.74, 6) is -0.0191. The highest BCUT2D eigenvalue weighted by Crippen LogP contribution is 2.19. The van der Waals surface area contributed by atoms with E-state index in [1.807, 2.05) is 0 Å². The lowest BCUT2D eigenvalue weighted by molar-refractivity contribution is -0.143. The number of unbranched alkanes of at least 4 members (excludes halogenated alkanes) is 53. The van der Waals surface area contributed by atoms with Gasteiger partial charge in [-0.25, -0.2) is 0 Å². The summed E-state index contributed by atoms with van der Waals surface area (Å²) < 4.78 is 5.48. The van der Waals surface area contributed by atoms with Gasteiger partial charge >= 0.3 is 5.97 Å². The van der Waals surface area contributed by atoms with Crippen molar-refractivity contribution in [3.8, 4) is 0 Å². The van der Waals surface area contributed by atoms with Gasteiger partial charge < -0.3 is 20.3 Å². The standard InChI is InChI=1S/C73H141NO5/c1-3-5-7-9-11-13-15-17-18-35-38-42-45-49-53-57-61-65-71(76)70(69-75)74-72(77)66-62-58-54-50-46-43-39-36-33-31-29-27-25-23-21-19-20-22-24-26-28-30-32-34-37-40-44-48-52-56-60-64-68-79-73(78)67-63-59-55-51-47-41-16-14-12-10-8-6-4-2/h14,16,22,24,70-71,75-76H,3-13,15,17-21,23,25-69H2,1-2H3,(H,74,77)/b16-14-,24-22-. The van der Waals surface area contributed by atoms with Crippen LogP contribution in [0.2, 0.25) is 0 Å². The zero-order valence-electron chi connectivity index (χ0n) is 53.6. The predicted octanol–water partition coefficient (Wildman–Crippen LogP) is 23.3. The molecule has 468 valence electrons. The predicted molar refractivity (Wildman–Crippen MR) is 347 cm³/mol. The highest BCUT2D eigenvalue weighted by Gasteiger charge is 2.20. The molecule has 0 fully saturated rings. The van der Waals surface area contributed by atoms with E-state index in [9.17, 15) is 19.8 Å². The van der Waals surface area contributed by atoms with Crippen LogP contribution in [0.3, 0.4) is 0 Å². The van der Waals surface area contributed by atoms with Crippen LogP contribution in [0.1, 0.15) is 406 Å². The molecule has 0 aromatic carbocycles. The maximum absolute atomic E-state index is 12.5. The van der Waals surface area contributed by atoms with Crippen molar-refractivity contribution in [1.82, 2.24) is 5.32 Å². The summed E-state index contributed by atoms with van der Waals surface area (Å²) in [4.78, 5) is 24.6. The Morgan fingerprint density at radius 3 is 0.911 bits per heavy atom. The number of hydrogen-bond donors (Lipinski definition) is 3. The second-order valence-electron chi connectivity index (χ2n) is 24.9. The molecule has 0 saturated heterocycles. The topological polar surface area (TPSA) is 95.9 Å². The molecule has 0 radical (unpaired) electrons. The average Bonchev–Trinajstić information content (AvgIpc) is 3.45. The van der Waals surface area contributed by atoms with Crippen molar-refractivity contribution in [2.75, 3.05) is 13.2 Å². The summed E-state index contributed by atoms with van der Waals surface area (Å²) in [5, 5.41) is 23.4. The van der Waals surface area contributed by atoms with Crippen LogP contribution < -0.4 is 5.32 Å². The van der Waals surface area contributed by atoms with E-state index in [2.05, 4.69) is 43.5 Å². The molecule has 6 nitrogen and oxygen atoms in total. The zero-order valence-corrected chi connectivity index (χ0v) is 53.6. The van der Waals surface area contributed by atoms with Gasteiger partial charge in [-0.1, -0.05) is 340 Å². The van der Waals surface area contributed by atoms with Crippen LogP contribution in [0, 0.1) is 0 Å². The molecule has 0 aliphatic heterocycles. The van der Waals surface area contributed by atoms with Crippen molar-refractivity contribution in [3.63, 3.8) is 0 Å². The Labute approximate surface area is 494 Å². The van der Waals surface area contributed by atoms with Crippen molar-refractivity contribution in [1.29, 1.82) is 0 Å². The smallest absolute Gasteiger partial charge is 0.305 e. The number of carbonyl (C=O) groups is 2. The van der Waals surface area contributed by atoms with Gasteiger partial charge in [0.25, 0.3) is 0 Å². The normalized spacial score (nSPS) is 12.6. The van der Waals surface area contributed by atoms with Crippen molar-refractivity contribution in [2.45, 2.75) is 418 Å². The van der Waals surface area contributed by atoms with Crippen LogP contribution in [0.5, 0.6) is 0 Å². The van der Waals surface area contributed by atoms with E-state index in [4.69, 9.17) is 4.74 Å². The number of aliphatic hydroxyl groups excluding tert-OH is 2. The first kappa shape index (κ1) is 77.3. The summed E-state index contributed by atoms with van der Waals surface area (Å²) in [6.45, 7) is 4.97. The third-order valence-corrected chi connectivity index (χ3v) is 17.0. The minimum absolute atomic E-state index is 0.00952. The van der Waals surface area contributed by atoms with Gasteiger partial charge in [0.2, 0.25) is 5.91 Å². The number of nitrogens with one attached hydrogen (secondary N) is 1. The number of aliphatic hydroxyl groups is 2. The van der Waals surface area contributed by atoms with E-state index in [1.54, 1.807) is 0 Å². The Morgan fingerprint density at radius 2 is 0.595 bits per heavy atom. The molecule has 2 unspecified atom stereocenters. The fourth-order valence-corrected chi connectivity index (χ4v) is 11.5. The molecule has 3 N–H and O–H groups in total. The molecule has 79 heavy (non-hydrogen) atoms. The number of ether oxygens (including phenoxy) is 1. The molecule has 0 rings (SSSR count). The van der Waals surface area contributed by atoms with Crippen LogP contribution >= 0.6 is 0 Å². The molecular formula is C73H141NO5. The second-order valence-corrected chi connectivity index (χ2v) is 24.9. The first-order chi connectivity index (χ1) is 39.0. The molecule has 2 atom stereocenters. The van der Waals surface area contributed by atoms with Gasteiger partial charge in [-0.2, -0.15) is 0 Å². The highest BCUT2D eigenvalue weighted by atomic mass is 16.5. The van der Waals surface area contributed by atoms with Gasteiger partial charge in [-0.05, 0) is 77.0 Å². The first-order valence-electron chi connectivity index (χ1n) is 36.1. The average molecular weight is 1110 g/mol. The van der Waals surface area contributed by atoms with Gasteiger partial charge in [0.05, 0.1) is 25.4 Å². The lowest BCUT2D eigenvalue weighted by Crippen LogP contribution is -2.45. The molecule has 1 amide bonds. The maximum atomic E-state index is 12.5. The summed E-state index contributed by atoms with van der Waals surface area (Å²) >= 11 is 0. The van der Waals surface area contributed by atoms with Gasteiger partial charge in [0.1, 0.15) is 0 Å². The number of esters is 1. The summed E-state index contributed by atoms with van der Waals surface area (Å²) in [6.07, 6.45) is 86.7. The molecule has 0 bridgehead atoms. The number of amides is 1. The molecule has 6 heteroatoms. The second kappa shape index (κ2) is 68.8. The Morgan fingerprint density at radius 1 is 0.342 bits per heavy atom. The van der Waals surface area contributed by atoms with E-state index in [0.717, 1.165) is 44.9 Å². The summed E-state index contributed by atoms with van der Waals surface area (Å²) in [6, 6.07) is -0.539. The van der Waals surface area contributed by atoms with Crippen molar-refractivity contribution in [2.24, 2.45) is 0 Å². The van der Waals surface area contributed by atoms with E-state index in [-0.39, 0.29) is 18.5 Å². The van der Waals surface area contributed by atoms with Crippen LogP contribution in [-0.4, -0.2) is 47.4 Å². The van der Waals surface area contributed by atoms with Crippen molar-refractivity contribution < 1.29 is 24.5 Å². The molecule has 0 aliphatic carbocycles. The van der Waals surface area contributed by atoms with Gasteiger partial charge in [0.15, 0.2) is 0 Å². The molecule has 0 aromatic rings. The molecule has 0 spiro atoms. The Bertz CT molecular complexity index is 1230. The highest BCUT2D eigenvalue weighted by molar-refractivity contribution is 5.76. The maximum Gasteiger partial charge on any atom is 0.305 e. The quantitative estimate of drug-likeness (QED) is 0.0320. The number of hydrogen-bond acceptors (Lipinski definition) is 5. The third-order valence-electron chi connectivity index (χ3n) is 17.0. The first-order valence-corrected chi connectivity index (χ1v) is 36.1. The van der Waals surface area contributed by atoms with Gasteiger partial charge in [0, 0.05) is 12.8 Å². The molecule has 0 heterocycles. The van der Waals surface area contributed by atoms with Crippen LogP contribution in [0.15, 0.2) is 24.3 Å². The van der Waals surface area contributed by atoms with Crippen LogP contribution in [0.25, 0.3) is 0 Å². The number of carbonyl (C=O) groups excluding carboxylic acids is 2. The van der Waals surface area contributed by atoms with Crippen LogP contribution in [0.4, 0.5) is 0 Å². The molecule has 0 aromatic heterocycles. The fraction of sp³-hybridized carbons (Fsp3) is 0.918. The SMILES string of the molecule is CCCCCC/C=C\CCCCCCCC(=O)OCCCCCCCCCCCCCC/C=C\CCCCCCCCCCCCCCCCCCC(=O)NC(CO)C(O)CCCCCCCCCCCCCCCCCCC. The Hall–Kier alpha value is -1.66. The number of allylic oxidation sites excluding steroid dienone is 4. The Kier molecular flexibility index (Phi) is 67.4. The minimum Gasteiger partial charge on any atom is -0.466 e. The Balaban J connectivity index is 3.35. The fourth-order valence-electron chi connectivity index (χ4n) is 11.5. The molecule has 0 saturated carbocycles. The minimum atomic E-state index is -0.662. The van der Waals surface area contributed by atoms with Crippen LogP contribution in [-0.2, 0) is 14.3 Å². The van der Waals surface area contributed by atoms with E-state index in [1.165, 1.54) is 327 Å². The third kappa shape index (κ3) is 65.4. The lowest BCUT2D eigenvalue weighted by atomic mass is 10.0. The van der Waals surface area contributed by atoms with E-state index >= 15 is 0 Å². The monoisotopic (exact) mass is 1110 g/mol. The van der Waals surface area contributed by atoms with E-state index < -0.39 is 12.1 Å². The van der Waals surface area contributed by atoms with Gasteiger partial charge in [-0.3, -0.25) is 9.59 Å².